The third-order valence-electron chi connectivity index (χ3n) is 5.01. The van der Waals surface area contributed by atoms with Gasteiger partial charge in [-0.3, -0.25) is 9.59 Å². The maximum Gasteiger partial charge on any atom is 0.343 e. The van der Waals surface area contributed by atoms with Crippen LogP contribution >= 0.6 is 11.6 Å². The molecule has 33 heavy (non-hydrogen) atoms. The minimum atomic E-state index is -1.16. The van der Waals surface area contributed by atoms with Crippen LogP contribution < -0.4 is 10.1 Å². The molecule has 3 rings (SSSR count). The summed E-state index contributed by atoms with van der Waals surface area (Å²) >= 11 is 6.29. The molecule has 6 nitrogen and oxygen atoms in total. The standard InChI is InChI=1S/C26H24ClNO5/c1-4-23(29)28-21-15-22(32-3)19(14-20(21)27)26(31)33-25(18-8-6-5-7-9-18)24(30)17-12-10-16(2)11-13-17/h5-15,25H,4H2,1-3H3,(H,28,29)/t25-/m0/s1. The number of methoxy groups -OCH3 is 1. The van der Waals surface area contributed by atoms with Crippen LogP contribution in [-0.2, 0) is 9.53 Å². The third kappa shape index (κ3) is 5.79. The lowest BCUT2D eigenvalue weighted by molar-refractivity contribution is -0.115. The van der Waals surface area contributed by atoms with Crippen molar-refractivity contribution >= 4 is 34.9 Å². The number of rotatable bonds is 8. The molecule has 0 radical (unpaired) electrons. The lowest BCUT2D eigenvalue weighted by atomic mass is 9.99. The Labute approximate surface area is 197 Å². The fourth-order valence-corrected chi connectivity index (χ4v) is 3.37. The maximum absolute atomic E-state index is 13.3. The van der Waals surface area contributed by atoms with Crippen LogP contribution in [0.15, 0.2) is 66.7 Å². The van der Waals surface area contributed by atoms with E-state index in [0.29, 0.717) is 16.8 Å². The smallest absolute Gasteiger partial charge is 0.343 e. The Morgan fingerprint density at radius 1 is 1.00 bits per heavy atom. The van der Waals surface area contributed by atoms with Gasteiger partial charge < -0.3 is 14.8 Å². The van der Waals surface area contributed by atoms with Gasteiger partial charge in [-0.2, -0.15) is 0 Å². The van der Waals surface area contributed by atoms with E-state index in [1.54, 1.807) is 43.3 Å². The first-order valence-electron chi connectivity index (χ1n) is 10.4. The molecule has 0 aliphatic rings. The zero-order chi connectivity index (χ0) is 24.0. The summed E-state index contributed by atoms with van der Waals surface area (Å²) in [6, 6.07) is 18.6. The number of carbonyl (C=O) groups excluding carboxylic acids is 3. The van der Waals surface area contributed by atoms with Gasteiger partial charge in [0.1, 0.15) is 11.3 Å². The van der Waals surface area contributed by atoms with Crippen LogP contribution in [0, 0.1) is 6.92 Å². The van der Waals surface area contributed by atoms with Crippen molar-refractivity contribution in [2.75, 3.05) is 12.4 Å². The van der Waals surface area contributed by atoms with Crippen LogP contribution in [0.4, 0.5) is 5.69 Å². The summed E-state index contributed by atoms with van der Waals surface area (Å²) in [5.41, 5.74) is 2.31. The minimum Gasteiger partial charge on any atom is -0.496 e. The second kappa shape index (κ2) is 10.8. The highest BCUT2D eigenvalue weighted by Gasteiger charge is 2.28. The Kier molecular flexibility index (Phi) is 7.85. The number of benzene rings is 3. The fraction of sp³-hybridized carbons (Fsp3) is 0.192. The van der Waals surface area contributed by atoms with E-state index in [4.69, 9.17) is 21.1 Å². The van der Waals surface area contributed by atoms with Gasteiger partial charge >= 0.3 is 5.97 Å². The molecule has 0 saturated heterocycles. The van der Waals surface area contributed by atoms with Crippen molar-refractivity contribution < 1.29 is 23.9 Å². The molecule has 0 aromatic heterocycles. The molecule has 3 aromatic carbocycles. The number of amides is 1. The number of hydrogen-bond donors (Lipinski definition) is 1. The molecular formula is C26H24ClNO5. The number of hydrogen-bond acceptors (Lipinski definition) is 5. The van der Waals surface area contributed by atoms with Gasteiger partial charge in [0.15, 0.2) is 6.10 Å². The summed E-state index contributed by atoms with van der Waals surface area (Å²) in [6.45, 7) is 3.63. The number of esters is 1. The first-order chi connectivity index (χ1) is 15.8. The average molecular weight is 466 g/mol. The van der Waals surface area contributed by atoms with Crippen LogP contribution in [0.25, 0.3) is 0 Å². The lowest BCUT2D eigenvalue weighted by Gasteiger charge is -2.19. The summed E-state index contributed by atoms with van der Waals surface area (Å²) in [7, 11) is 1.39. The Bertz CT molecular complexity index is 1160. The van der Waals surface area contributed by atoms with E-state index >= 15 is 0 Å². The van der Waals surface area contributed by atoms with Crippen LogP contribution in [0.2, 0.25) is 5.02 Å². The van der Waals surface area contributed by atoms with E-state index in [1.165, 1.54) is 19.2 Å². The molecule has 0 aliphatic heterocycles. The summed E-state index contributed by atoms with van der Waals surface area (Å²) in [6.07, 6.45) is -0.896. The monoisotopic (exact) mass is 465 g/mol. The maximum atomic E-state index is 13.3. The molecule has 7 heteroatoms. The molecule has 1 amide bonds. The van der Waals surface area contributed by atoms with Gasteiger partial charge in [0.25, 0.3) is 0 Å². The molecular weight excluding hydrogens is 442 g/mol. The highest BCUT2D eigenvalue weighted by atomic mass is 35.5. The van der Waals surface area contributed by atoms with Crippen molar-refractivity contribution in [2.24, 2.45) is 0 Å². The zero-order valence-corrected chi connectivity index (χ0v) is 19.3. The molecule has 3 aromatic rings. The number of halogens is 1. The molecule has 0 fully saturated rings. The SMILES string of the molecule is CCC(=O)Nc1cc(OC)c(C(=O)O[C@H](C(=O)c2ccc(C)cc2)c2ccccc2)cc1Cl. The second-order valence-electron chi connectivity index (χ2n) is 7.36. The Morgan fingerprint density at radius 2 is 1.67 bits per heavy atom. The summed E-state index contributed by atoms with van der Waals surface area (Å²) < 4.78 is 11.0. The Balaban J connectivity index is 1.95. The van der Waals surface area contributed by atoms with Crippen molar-refractivity contribution in [1.29, 1.82) is 0 Å². The Morgan fingerprint density at radius 3 is 2.27 bits per heavy atom. The quantitative estimate of drug-likeness (QED) is 0.336. The number of ketones is 1. The summed E-state index contributed by atoms with van der Waals surface area (Å²) in [4.78, 5) is 38.2. The van der Waals surface area contributed by atoms with Gasteiger partial charge in [0, 0.05) is 23.6 Å². The van der Waals surface area contributed by atoms with Crippen molar-refractivity contribution in [3.63, 3.8) is 0 Å². The second-order valence-corrected chi connectivity index (χ2v) is 7.77. The van der Waals surface area contributed by atoms with E-state index in [9.17, 15) is 14.4 Å². The lowest BCUT2D eigenvalue weighted by Crippen LogP contribution is -2.21. The van der Waals surface area contributed by atoms with Gasteiger partial charge in [-0.1, -0.05) is 78.7 Å². The van der Waals surface area contributed by atoms with Crippen molar-refractivity contribution in [3.8, 4) is 5.75 Å². The fourth-order valence-electron chi connectivity index (χ4n) is 3.16. The van der Waals surface area contributed by atoms with Gasteiger partial charge in [-0.15, -0.1) is 0 Å². The zero-order valence-electron chi connectivity index (χ0n) is 18.6. The van der Waals surface area contributed by atoms with E-state index in [1.807, 2.05) is 25.1 Å². The van der Waals surface area contributed by atoms with E-state index in [-0.39, 0.29) is 34.4 Å². The summed E-state index contributed by atoms with van der Waals surface area (Å²) in [5, 5.41) is 2.80. The van der Waals surface area contributed by atoms with Crippen molar-refractivity contribution in [2.45, 2.75) is 26.4 Å². The average Bonchev–Trinajstić information content (AvgIpc) is 2.83. The number of aryl methyl sites for hydroxylation is 1. The van der Waals surface area contributed by atoms with E-state index in [0.717, 1.165) is 5.56 Å². The largest absolute Gasteiger partial charge is 0.496 e. The Hall–Kier alpha value is -3.64. The number of ether oxygens (including phenoxy) is 2. The van der Waals surface area contributed by atoms with Gasteiger partial charge in [0.05, 0.1) is 17.8 Å². The molecule has 170 valence electrons. The third-order valence-corrected chi connectivity index (χ3v) is 5.32. The summed E-state index contributed by atoms with van der Waals surface area (Å²) in [5.74, 6) is -1.21. The number of nitrogens with one attached hydrogen (secondary N) is 1. The molecule has 0 spiro atoms. The van der Waals surface area contributed by atoms with E-state index in [2.05, 4.69) is 5.32 Å². The van der Waals surface area contributed by atoms with Crippen molar-refractivity contribution in [1.82, 2.24) is 0 Å². The van der Waals surface area contributed by atoms with Gasteiger partial charge in [0.2, 0.25) is 11.7 Å². The van der Waals surface area contributed by atoms with Crippen molar-refractivity contribution in [3.05, 3.63) is 94.0 Å². The normalized spacial score (nSPS) is 11.4. The van der Waals surface area contributed by atoms with Crippen LogP contribution in [0.1, 0.15) is 51.3 Å². The van der Waals surface area contributed by atoms with Crippen LogP contribution in [-0.4, -0.2) is 24.8 Å². The molecule has 0 saturated carbocycles. The molecule has 0 aliphatic carbocycles. The number of Topliss-reactive ketones (excluding diaryl/α,β-unsaturated/α-hetero) is 1. The predicted molar refractivity (Wildman–Crippen MR) is 127 cm³/mol. The molecule has 0 heterocycles. The number of anilines is 1. The first-order valence-corrected chi connectivity index (χ1v) is 10.8. The highest BCUT2D eigenvalue weighted by Crippen LogP contribution is 2.33. The van der Waals surface area contributed by atoms with Crippen LogP contribution in [0.5, 0.6) is 5.75 Å². The molecule has 1 atom stereocenters. The predicted octanol–water partition coefficient (Wildman–Crippen LogP) is 5.79. The van der Waals surface area contributed by atoms with E-state index < -0.39 is 12.1 Å². The number of carbonyl (C=O) groups is 3. The molecule has 0 unspecified atom stereocenters. The minimum absolute atomic E-state index is 0.0367. The van der Waals surface area contributed by atoms with Gasteiger partial charge in [-0.05, 0) is 13.0 Å². The van der Waals surface area contributed by atoms with Gasteiger partial charge in [-0.25, -0.2) is 4.79 Å². The first kappa shape index (κ1) is 24.0. The topological polar surface area (TPSA) is 81.7 Å². The van der Waals surface area contributed by atoms with Crippen LogP contribution in [0.3, 0.4) is 0 Å². The molecule has 1 N–H and O–H groups in total. The molecule has 0 bridgehead atoms. The highest BCUT2D eigenvalue weighted by molar-refractivity contribution is 6.34.